The van der Waals surface area contributed by atoms with Gasteiger partial charge in [-0.1, -0.05) is 13.8 Å². The van der Waals surface area contributed by atoms with Gasteiger partial charge in [0.05, 0.1) is 6.04 Å². The normalized spacial score (nSPS) is 13.5. The number of hydrogen-bond acceptors (Lipinski definition) is 6. The third-order valence-electron chi connectivity index (χ3n) is 4.23. The maximum atomic E-state index is 12.7. The number of amides is 4. The van der Waals surface area contributed by atoms with E-state index in [-0.39, 0.29) is 37.8 Å². The average molecular weight is 445 g/mol. The molecule has 0 unspecified atom stereocenters. The molecule has 0 saturated heterocycles. The van der Waals surface area contributed by atoms with Crippen molar-refractivity contribution >= 4 is 29.8 Å². The molecule has 0 aromatic carbocycles. The van der Waals surface area contributed by atoms with Gasteiger partial charge in [-0.2, -0.15) is 0 Å². The topological polar surface area (TPSA) is 241 Å². The number of carbonyl (C=O) groups excluding carboxylic acids is 3. The second-order valence-electron chi connectivity index (χ2n) is 7.58. The monoisotopic (exact) mass is 444 g/mol. The highest BCUT2D eigenvalue weighted by molar-refractivity contribution is 5.91. The Hall–Kier alpha value is -3.09. The zero-order valence-electron chi connectivity index (χ0n) is 18.1. The van der Waals surface area contributed by atoms with Crippen LogP contribution >= 0.6 is 0 Å². The molecular weight excluding hydrogens is 408 g/mol. The van der Waals surface area contributed by atoms with E-state index in [9.17, 15) is 24.3 Å². The van der Waals surface area contributed by atoms with Crippen molar-refractivity contribution in [1.29, 1.82) is 0 Å². The van der Waals surface area contributed by atoms with E-state index in [0.29, 0.717) is 19.3 Å². The van der Waals surface area contributed by atoms with Crippen molar-refractivity contribution < 1.29 is 24.3 Å². The molecule has 0 radical (unpaired) electrons. The molecule has 0 aromatic rings. The van der Waals surface area contributed by atoms with Gasteiger partial charge >= 0.3 is 12.0 Å². The Labute approximate surface area is 181 Å². The van der Waals surface area contributed by atoms with E-state index in [4.69, 9.17) is 22.9 Å². The van der Waals surface area contributed by atoms with Gasteiger partial charge in [-0.05, 0) is 38.0 Å². The molecule has 0 bridgehead atoms. The molecule has 13 nitrogen and oxygen atoms in total. The second-order valence-corrected chi connectivity index (χ2v) is 7.58. The lowest BCUT2D eigenvalue weighted by molar-refractivity contribution is -0.142. The van der Waals surface area contributed by atoms with E-state index >= 15 is 0 Å². The molecular formula is C18H36N8O5. The number of urea groups is 1. The van der Waals surface area contributed by atoms with Crippen molar-refractivity contribution in [1.82, 2.24) is 16.0 Å². The molecule has 31 heavy (non-hydrogen) atoms. The van der Waals surface area contributed by atoms with E-state index in [2.05, 4.69) is 20.9 Å². The Morgan fingerprint density at radius 2 is 1.55 bits per heavy atom. The first-order chi connectivity index (χ1) is 14.4. The Morgan fingerprint density at radius 1 is 0.935 bits per heavy atom. The first kappa shape index (κ1) is 27.9. The molecule has 4 amide bonds. The van der Waals surface area contributed by atoms with E-state index < -0.39 is 41.9 Å². The zero-order valence-corrected chi connectivity index (χ0v) is 18.1. The molecule has 0 aliphatic carbocycles. The first-order valence-electron chi connectivity index (χ1n) is 10.1. The minimum Gasteiger partial charge on any atom is -0.480 e. The molecule has 0 spiro atoms. The maximum Gasteiger partial charge on any atom is 0.326 e. The van der Waals surface area contributed by atoms with Crippen LogP contribution in [0.4, 0.5) is 4.79 Å². The standard InChI is InChI=1S/C18H36N8O5/c1-10(2)9-13(26-14(27)11(19)5-3-8-24-18(22)31)15(28)25-12(16(29)30)6-4-7-23-17(20)21/h10-13H,3-9,19H2,1-2H3,(H,25,28)(H,26,27)(H,29,30)(H4,20,21,23)(H3,22,24,31)/t11-,12-,13+/m0/s1. The van der Waals surface area contributed by atoms with E-state index in [1.807, 2.05) is 13.8 Å². The summed E-state index contributed by atoms with van der Waals surface area (Å²) in [7, 11) is 0. The molecule has 0 aliphatic rings. The van der Waals surface area contributed by atoms with Crippen LogP contribution in [0.5, 0.6) is 0 Å². The number of primary amides is 1. The minimum absolute atomic E-state index is 0.0529. The number of carboxylic acid groups (broad SMARTS) is 1. The Kier molecular flexibility index (Phi) is 13.3. The lowest BCUT2D eigenvalue weighted by Crippen LogP contribution is -2.54. The number of nitrogens with one attached hydrogen (secondary N) is 3. The van der Waals surface area contributed by atoms with Gasteiger partial charge in [0.2, 0.25) is 11.8 Å². The van der Waals surface area contributed by atoms with E-state index in [1.54, 1.807) is 0 Å². The number of rotatable bonds is 15. The highest BCUT2D eigenvalue weighted by Gasteiger charge is 2.28. The molecule has 0 aromatic heterocycles. The summed E-state index contributed by atoms with van der Waals surface area (Å²) >= 11 is 0. The SMILES string of the molecule is CC(C)C[C@@H](NC(=O)[C@@H](N)CCCNC(N)=O)C(=O)N[C@@H](CCCN=C(N)N)C(=O)O. The molecule has 12 N–H and O–H groups in total. The second kappa shape index (κ2) is 14.8. The third-order valence-corrected chi connectivity index (χ3v) is 4.23. The molecule has 0 fully saturated rings. The van der Waals surface area contributed by atoms with Crippen LogP contribution in [0, 0.1) is 5.92 Å². The van der Waals surface area contributed by atoms with Crippen molar-refractivity contribution in [2.24, 2.45) is 33.8 Å². The molecule has 0 heterocycles. The Bertz CT molecular complexity index is 636. The van der Waals surface area contributed by atoms with E-state index in [0.717, 1.165) is 0 Å². The van der Waals surface area contributed by atoms with E-state index in [1.165, 1.54) is 0 Å². The summed E-state index contributed by atoms with van der Waals surface area (Å²) in [5, 5.41) is 16.8. The molecule has 0 aliphatic heterocycles. The fraction of sp³-hybridized carbons (Fsp3) is 0.722. The quantitative estimate of drug-likeness (QED) is 0.0789. The van der Waals surface area contributed by atoms with Gasteiger partial charge in [-0.15, -0.1) is 0 Å². The predicted molar refractivity (Wildman–Crippen MR) is 116 cm³/mol. The summed E-state index contributed by atoms with van der Waals surface area (Å²) < 4.78 is 0. The maximum absolute atomic E-state index is 12.7. The number of carbonyl (C=O) groups is 4. The summed E-state index contributed by atoms with van der Waals surface area (Å²) in [5.74, 6) is -2.40. The van der Waals surface area contributed by atoms with Crippen molar-refractivity contribution in [3.8, 4) is 0 Å². The average Bonchev–Trinajstić information content (AvgIpc) is 2.65. The zero-order chi connectivity index (χ0) is 24.0. The lowest BCUT2D eigenvalue weighted by Gasteiger charge is -2.24. The van der Waals surface area contributed by atoms with Crippen LogP contribution in [-0.2, 0) is 14.4 Å². The third kappa shape index (κ3) is 13.7. The summed E-state index contributed by atoms with van der Waals surface area (Å²) in [6, 6.07) is -3.66. The van der Waals surface area contributed by atoms with Crippen molar-refractivity contribution in [2.75, 3.05) is 13.1 Å². The molecule has 13 heteroatoms. The summed E-state index contributed by atoms with van der Waals surface area (Å²) in [6.07, 6.45) is 1.46. The highest BCUT2D eigenvalue weighted by atomic mass is 16.4. The molecule has 178 valence electrons. The van der Waals surface area contributed by atoms with Crippen LogP contribution < -0.4 is 38.9 Å². The minimum atomic E-state index is -1.20. The molecule has 3 atom stereocenters. The number of guanidine groups is 1. The van der Waals surface area contributed by atoms with Crippen molar-refractivity contribution in [3.63, 3.8) is 0 Å². The van der Waals surface area contributed by atoms with Gasteiger partial charge in [-0.25, -0.2) is 9.59 Å². The van der Waals surface area contributed by atoms with Crippen LogP contribution in [0.25, 0.3) is 0 Å². The first-order valence-corrected chi connectivity index (χ1v) is 10.1. The summed E-state index contributed by atoms with van der Waals surface area (Å²) in [6.45, 7) is 4.23. The molecule has 0 rings (SSSR count). The number of aliphatic imine (C=N–C) groups is 1. The number of hydrogen-bond donors (Lipinski definition) is 8. The summed E-state index contributed by atoms with van der Waals surface area (Å²) in [5.41, 5.74) is 21.3. The van der Waals surface area contributed by atoms with Crippen LogP contribution in [0.15, 0.2) is 4.99 Å². The predicted octanol–water partition coefficient (Wildman–Crippen LogP) is -2.08. The number of carboxylic acids is 1. The Morgan fingerprint density at radius 3 is 2.06 bits per heavy atom. The smallest absolute Gasteiger partial charge is 0.326 e. The van der Waals surface area contributed by atoms with Gasteiger partial charge in [0.15, 0.2) is 5.96 Å². The van der Waals surface area contributed by atoms with Gasteiger partial charge in [0.25, 0.3) is 0 Å². The largest absolute Gasteiger partial charge is 0.480 e. The van der Waals surface area contributed by atoms with Gasteiger partial charge < -0.3 is 44.0 Å². The fourth-order valence-corrected chi connectivity index (χ4v) is 2.68. The number of nitrogens with two attached hydrogens (primary N) is 4. The summed E-state index contributed by atoms with van der Waals surface area (Å²) in [4.78, 5) is 51.0. The highest BCUT2D eigenvalue weighted by Crippen LogP contribution is 2.08. The van der Waals surface area contributed by atoms with Crippen LogP contribution in [0.1, 0.15) is 46.0 Å². The number of nitrogens with zero attached hydrogens (tertiary/aromatic N) is 1. The van der Waals surface area contributed by atoms with Crippen LogP contribution in [0.3, 0.4) is 0 Å². The number of aliphatic carboxylic acids is 1. The van der Waals surface area contributed by atoms with Crippen molar-refractivity contribution in [2.45, 2.75) is 64.1 Å². The van der Waals surface area contributed by atoms with Crippen LogP contribution in [-0.4, -0.2) is 66.1 Å². The van der Waals surface area contributed by atoms with Crippen LogP contribution in [0.2, 0.25) is 0 Å². The fourth-order valence-electron chi connectivity index (χ4n) is 2.68. The lowest BCUT2D eigenvalue weighted by atomic mass is 10.0. The van der Waals surface area contributed by atoms with Crippen molar-refractivity contribution in [3.05, 3.63) is 0 Å². The van der Waals surface area contributed by atoms with Gasteiger partial charge in [0, 0.05) is 13.1 Å². The van der Waals surface area contributed by atoms with Gasteiger partial charge in [0.1, 0.15) is 12.1 Å². The molecule has 0 saturated carbocycles. The Balaban J connectivity index is 4.88. The van der Waals surface area contributed by atoms with Gasteiger partial charge in [-0.3, -0.25) is 14.6 Å².